The molecule has 0 spiro atoms. The zero-order valence-electron chi connectivity index (χ0n) is 19.6. The molecule has 0 fully saturated rings. The van der Waals surface area contributed by atoms with Crippen LogP contribution in [0.1, 0.15) is 27.8 Å². The maximum Gasteiger partial charge on any atom is 1.00 e. The van der Waals surface area contributed by atoms with Crippen molar-refractivity contribution in [1.82, 2.24) is 5.32 Å². The summed E-state index contributed by atoms with van der Waals surface area (Å²) in [6.07, 6.45) is -2.11. The summed E-state index contributed by atoms with van der Waals surface area (Å²) < 4.78 is 111. The molecule has 37 heavy (non-hydrogen) atoms. The van der Waals surface area contributed by atoms with Crippen molar-refractivity contribution >= 4 is 32.4 Å². The minimum absolute atomic E-state index is 0. The van der Waals surface area contributed by atoms with Crippen molar-refractivity contribution in [1.29, 1.82) is 0 Å². The third-order valence-corrected chi connectivity index (χ3v) is 7.46. The van der Waals surface area contributed by atoms with Gasteiger partial charge >= 0.3 is 65.3 Å². The van der Waals surface area contributed by atoms with Gasteiger partial charge in [0, 0.05) is 6.54 Å². The standard InChI is InChI=1S/C23H18F3NO6S2.2Na/c24-23(25,26)22(20-4-2-1-3-17(20)14-27-22)18-10-6-15(7-11-18)5-8-16-9-12-19(34(28,29)30)13-21(16)35(31,32)33;;/h1-13,27H,14H2,(H,28,29,30)(H,31,32,33);;/q;2*+1/p-2. The van der Waals surface area contributed by atoms with E-state index in [9.17, 15) is 39.1 Å². The Hall–Kier alpha value is -1.03. The summed E-state index contributed by atoms with van der Waals surface area (Å²) in [6, 6.07) is 13.9. The molecular formula is C23H16F3NNa2O6S2. The molecule has 1 aliphatic heterocycles. The van der Waals surface area contributed by atoms with Crippen molar-refractivity contribution in [2.75, 3.05) is 0 Å². The molecule has 0 amide bonds. The minimum Gasteiger partial charge on any atom is -0.744 e. The van der Waals surface area contributed by atoms with E-state index >= 15 is 0 Å². The van der Waals surface area contributed by atoms with Crippen LogP contribution in [-0.2, 0) is 32.3 Å². The van der Waals surface area contributed by atoms with Gasteiger partial charge in [-0.3, -0.25) is 5.32 Å². The van der Waals surface area contributed by atoms with Crippen LogP contribution in [0.15, 0.2) is 76.5 Å². The number of halogens is 3. The molecule has 184 valence electrons. The van der Waals surface area contributed by atoms with Gasteiger partial charge in [0.2, 0.25) is 0 Å². The molecule has 4 rings (SSSR count). The Morgan fingerprint density at radius 2 is 1.46 bits per heavy atom. The summed E-state index contributed by atoms with van der Waals surface area (Å²) in [5.41, 5.74) is -1.60. The number of nitrogens with one attached hydrogen (secondary N) is 1. The van der Waals surface area contributed by atoms with Gasteiger partial charge in [0.25, 0.3) is 0 Å². The first-order valence-corrected chi connectivity index (χ1v) is 12.8. The van der Waals surface area contributed by atoms with E-state index in [0.717, 1.165) is 12.1 Å². The molecule has 3 aromatic rings. The Labute approximate surface area is 256 Å². The second kappa shape index (κ2) is 11.6. The van der Waals surface area contributed by atoms with Crippen LogP contribution >= 0.6 is 0 Å². The molecule has 1 atom stereocenters. The van der Waals surface area contributed by atoms with Crippen molar-refractivity contribution in [3.63, 3.8) is 0 Å². The van der Waals surface area contributed by atoms with Gasteiger partial charge in [-0.15, -0.1) is 0 Å². The quantitative estimate of drug-likeness (QED) is 0.206. The number of alkyl halides is 3. The van der Waals surface area contributed by atoms with E-state index in [-0.39, 0.29) is 82.3 Å². The van der Waals surface area contributed by atoms with Gasteiger partial charge in [0.05, 0.1) is 9.79 Å². The van der Waals surface area contributed by atoms with E-state index in [4.69, 9.17) is 0 Å². The predicted molar refractivity (Wildman–Crippen MR) is 118 cm³/mol. The molecule has 1 unspecified atom stereocenters. The third kappa shape index (κ3) is 6.42. The van der Waals surface area contributed by atoms with Gasteiger partial charge in [-0.2, -0.15) is 13.2 Å². The molecule has 0 saturated carbocycles. The molecule has 7 nitrogen and oxygen atoms in total. The fourth-order valence-electron chi connectivity index (χ4n) is 4.09. The second-order valence-corrected chi connectivity index (χ2v) is 10.5. The van der Waals surface area contributed by atoms with E-state index in [0.29, 0.717) is 17.2 Å². The molecule has 0 saturated heterocycles. The number of hydrogen-bond donors (Lipinski definition) is 1. The Bertz CT molecular complexity index is 1540. The molecule has 14 heteroatoms. The van der Waals surface area contributed by atoms with Crippen LogP contribution < -0.4 is 64.4 Å². The molecule has 0 radical (unpaired) electrons. The molecule has 0 aliphatic carbocycles. The van der Waals surface area contributed by atoms with E-state index in [2.05, 4.69) is 5.32 Å². The van der Waals surface area contributed by atoms with Crippen LogP contribution in [0.25, 0.3) is 12.2 Å². The number of benzene rings is 3. The second-order valence-electron chi connectivity index (χ2n) is 7.82. The fraction of sp³-hybridized carbons (Fsp3) is 0.130. The van der Waals surface area contributed by atoms with Crippen molar-refractivity contribution in [3.05, 3.63) is 94.5 Å². The van der Waals surface area contributed by atoms with Gasteiger partial charge in [0.1, 0.15) is 20.2 Å². The van der Waals surface area contributed by atoms with Crippen LogP contribution in [-0.4, -0.2) is 32.1 Å². The Balaban J connectivity index is 0.00000241. The van der Waals surface area contributed by atoms with Crippen molar-refractivity contribution in [2.45, 2.75) is 28.1 Å². The van der Waals surface area contributed by atoms with Crippen LogP contribution in [0, 0.1) is 0 Å². The molecule has 0 bridgehead atoms. The number of fused-ring (bicyclic) bond motifs is 1. The summed E-state index contributed by atoms with van der Waals surface area (Å²) in [5, 5.41) is 2.59. The van der Waals surface area contributed by atoms with Gasteiger partial charge in [-0.25, -0.2) is 16.8 Å². The van der Waals surface area contributed by atoms with Crippen molar-refractivity contribution < 1.29 is 98.2 Å². The Kier molecular flexibility index (Phi) is 10.1. The van der Waals surface area contributed by atoms with Crippen LogP contribution in [0.3, 0.4) is 0 Å². The van der Waals surface area contributed by atoms with Gasteiger partial charge in [0.15, 0.2) is 5.54 Å². The normalized spacial score (nSPS) is 17.6. The Morgan fingerprint density at radius 1 is 0.838 bits per heavy atom. The zero-order valence-corrected chi connectivity index (χ0v) is 25.2. The monoisotopic (exact) mass is 569 g/mol. The SMILES string of the molecule is O=S(=O)([O-])c1ccc(C=Cc2ccc(C3(C(F)(F)F)NCc4ccccc43)cc2)c(S(=O)(=O)[O-])c1.[Na+].[Na+]. The fourth-order valence-corrected chi connectivity index (χ4v) is 5.36. The van der Waals surface area contributed by atoms with E-state index in [1.54, 1.807) is 12.1 Å². The largest absolute Gasteiger partial charge is 1.00 e. The maximum atomic E-state index is 14.3. The van der Waals surface area contributed by atoms with Gasteiger partial charge < -0.3 is 9.11 Å². The first-order chi connectivity index (χ1) is 16.2. The number of hydrogen-bond acceptors (Lipinski definition) is 7. The molecule has 0 aromatic heterocycles. The third-order valence-electron chi connectivity index (χ3n) is 5.73. The zero-order chi connectivity index (χ0) is 25.6. The molecule has 1 N–H and O–H groups in total. The van der Waals surface area contributed by atoms with E-state index in [1.807, 2.05) is 0 Å². The molecule has 3 aromatic carbocycles. The summed E-state index contributed by atoms with van der Waals surface area (Å²) in [7, 11) is -10.1. The first-order valence-electron chi connectivity index (χ1n) is 9.98. The van der Waals surface area contributed by atoms with Crippen molar-refractivity contribution in [2.24, 2.45) is 0 Å². The van der Waals surface area contributed by atoms with Crippen molar-refractivity contribution in [3.8, 4) is 0 Å². The van der Waals surface area contributed by atoms with E-state index < -0.39 is 41.7 Å². The predicted octanol–water partition coefficient (Wildman–Crippen LogP) is -2.42. The van der Waals surface area contributed by atoms with Gasteiger partial charge in [-0.05, 0) is 39.9 Å². The minimum atomic E-state index is -5.13. The number of rotatable bonds is 5. The maximum absolute atomic E-state index is 14.3. The average Bonchev–Trinajstić information content (AvgIpc) is 3.17. The topological polar surface area (TPSA) is 126 Å². The molecule has 1 aliphatic rings. The first kappa shape index (κ1) is 32.2. The van der Waals surface area contributed by atoms with Crippen LogP contribution in [0.5, 0.6) is 0 Å². The molecular weight excluding hydrogens is 553 g/mol. The van der Waals surface area contributed by atoms with Crippen LogP contribution in [0.2, 0.25) is 0 Å². The van der Waals surface area contributed by atoms with Crippen LogP contribution in [0.4, 0.5) is 13.2 Å². The summed E-state index contributed by atoms with van der Waals surface area (Å²) in [5.74, 6) is 0. The smallest absolute Gasteiger partial charge is 0.744 e. The van der Waals surface area contributed by atoms with Gasteiger partial charge in [-0.1, -0.05) is 66.7 Å². The molecule has 1 heterocycles. The summed E-state index contributed by atoms with van der Waals surface area (Å²) >= 11 is 0. The Morgan fingerprint density at radius 3 is 2.03 bits per heavy atom. The summed E-state index contributed by atoms with van der Waals surface area (Å²) in [6.45, 7) is 0.0405. The van der Waals surface area contributed by atoms with E-state index in [1.165, 1.54) is 48.6 Å². The summed E-state index contributed by atoms with van der Waals surface area (Å²) in [4.78, 5) is -1.79. The average molecular weight is 569 g/mol.